The van der Waals surface area contributed by atoms with Crippen LogP contribution in [0.25, 0.3) is 16.9 Å². The molecule has 0 saturated carbocycles. The lowest BCUT2D eigenvalue weighted by Crippen LogP contribution is -2.40. The molecule has 0 radical (unpaired) electrons. The maximum absolute atomic E-state index is 13.2. The summed E-state index contributed by atoms with van der Waals surface area (Å²) in [4.78, 5) is 33.1. The summed E-state index contributed by atoms with van der Waals surface area (Å²) in [6.45, 7) is 6.49. The molecule has 4 rings (SSSR count). The molecular formula is C28H30N4O3S. The topological polar surface area (TPSA) is 76.5 Å². The number of methoxy groups -OCH3 is 1. The van der Waals surface area contributed by atoms with Crippen molar-refractivity contribution in [1.82, 2.24) is 14.5 Å². The number of nitrogens with zero attached hydrogens (tertiary/aromatic N) is 3. The molecular weight excluding hydrogens is 472 g/mol. The molecule has 2 amide bonds. The second-order valence-corrected chi connectivity index (χ2v) is 9.94. The smallest absolute Gasteiger partial charge is 0.264 e. The first-order chi connectivity index (χ1) is 17.3. The Kier molecular flexibility index (Phi) is 7.85. The second kappa shape index (κ2) is 11.2. The van der Waals surface area contributed by atoms with Crippen molar-refractivity contribution in [2.75, 3.05) is 25.5 Å². The zero-order valence-corrected chi connectivity index (χ0v) is 21.7. The van der Waals surface area contributed by atoms with Crippen LogP contribution in [0.5, 0.6) is 5.75 Å². The molecule has 0 unspecified atom stereocenters. The molecule has 7 nitrogen and oxygen atoms in total. The van der Waals surface area contributed by atoms with Gasteiger partial charge in [-0.15, -0.1) is 11.3 Å². The van der Waals surface area contributed by atoms with Crippen molar-refractivity contribution in [1.29, 1.82) is 0 Å². The summed E-state index contributed by atoms with van der Waals surface area (Å²) in [6.07, 6.45) is 1.89. The minimum Gasteiger partial charge on any atom is -0.497 e. The summed E-state index contributed by atoms with van der Waals surface area (Å²) < 4.78 is 7.12. The van der Waals surface area contributed by atoms with Crippen molar-refractivity contribution in [2.45, 2.75) is 20.8 Å². The SMILES string of the molecule is COc1ccc(-c2cn(-c3ccc(C)cc3)c(NC(=O)CN(CC(C)C)C(=O)c3cccs3)n2)cc1. The number of amides is 2. The molecule has 0 aliphatic heterocycles. The molecule has 0 atom stereocenters. The first-order valence-corrected chi connectivity index (χ1v) is 12.7. The number of hydrogen-bond donors (Lipinski definition) is 1. The molecule has 0 spiro atoms. The second-order valence-electron chi connectivity index (χ2n) is 8.99. The molecule has 186 valence electrons. The van der Waals surface area contributed by atoms with Crippen molar-refractivity contribution in [2.24, 2.45) is 5.92 Å². The molecule has 0 bridgehead atoms. The quantitative estimate of drug-likeness (QED) is 0.321. The van der Waals surface area contributed by atoms with E-state index in [1.54, 1.807) is 18.1 Å². The van der Waals surface area contributed by atoms with Crippen LogP contribution in [0.4, 0.5) is 5.95 Å². The van der Waals surface area contributed by atoms with E-state index in [0.717, 1.165) is 22.6 Å². The van der Waals surface area contributed by atoms with Crippen LogP contribution in [-0.4, -0.2) is 46.5 Å². The number of ether oxygens (including phenoxy) is 1. The van der Waals surface area contributed by atoms with Crippen LogP contribution < -0.4 is 10.1 Å². The van der Waals surface area contributed by atoms with Gasteiger partial charge in [0.05, 0.1) is 17.7 Å². The maximum Gasteiger partial charge on any atom is 0.264 e. The van der Waals surface area contributed by atoms with Gasteiger partial charge in [-0.3, -0.25) is 19.5 Å². The minimum atomic E-state index is -0.305. The largest absolute Gasteiger partial charge is 0.497 e. The van der Waals surface area contributed by atoms with E-state index in [2.05, 4.69) is 5.32 Å². The van der Waals surface area contributed by atoms with Gasteiger partial charge in [0.2, 0.25) is 11.9 Å². The van der Waals surface area contributed by atoms with Gasteiger partial charge in [0.15, 0.2) is 0 Å². The summed E-state index contributed by atoms with van der Waals surface area (Å²) >= 11 is 1.37. The van der Waals surface area contributed by atoms with E-state index in [9.17, 15) is 9.59 Å². The number of carbonyl (C=O) groups excluding carboxylic acids is 2. The first kappa shape index (κ1) is 25.2. The molecule has 2 aromatic carbocycles. The Balaban J connectivity index is 1.62. The Hall–Kier alpha value is -3.91. The lowest BCUT2D eigenvalue weighted by molar-refractivity contribution is -0.117. The van der Waals surface area contributed by atoms with Gasteiger partial charge in [-0.1, -0.05) is 37.6 Å². The third kappa shape index (κ3) is 6.01. The summed E-state index contributed by atoms with van der Waals surface area (Å²) in [7, 11) is 1.63. The number of carbonyl (C=O) groups is 2. The summed E-state index contributed by atoms with van der Waals surface area (Å²) in [5.41, 5.74) is 3.61. The number of aromatic nitrogens is 2. The number of benzene rings is 2. The van der Waals surface area contributed by atoms with Crippen LogP contribution in [0.1, 0.15) is 29.1 Å². The zero-order valence-electron chi connectivity index (χ0n) is 20.9. The van der Waals surface area contributed by atoms with E-state index < -0.39 is 0 Å². The number of imidazole rings is 1. The monoisotopic (exact) mass is 502 g/mol. The third-order valence-corrected chi connectivity index (χ3v) is 6.45. The summed E-state index contributed by atoms with van der Waals surface area (Å²) in [6, 6.07) is 19.2. The predicted octanol–water partition coefficient (Wildman–Crippen LogP) is 5.65. The van der Waals surface area contributed by atoms with Gasteiger partial charge in [-0.2, -0.15) is 0 Å². The number of aryl methyl sites for hydroxylation is 1. The van der Waals surface area contributed by atoms with E-state index in [-0.39, 0.29) is 24.3 Å². The molecule has 0 fully saturated rings. The van der Waals surface area contributed by atoms with Crippen molar-refractivity contribution in [3.8, 4) is 22.7 Å². The normalized spacial score (nSPS) is 10.9. The van der Waals surface area contributed by atoms with Gasteiger partial charge < -0.3 is 9.64 Å². The van der Waals surface area contributed by atoms with Gasteiger partial charge >= 0.3 is 0 Å². The highest BCUT2D eigenvalue weighted by molar-refractivity contribution is 7.12. The van der Waals surface area contributed by atoms with Crippen LogP contribution in [0, 0.1) is 12.8 Å². The van der Waals surface area contributed by atoms with Crippen LogP contribution in [0.3, 0.4) is 0 Å². The fourth-order valence-corrected chi connectivity index (χ4v) is 4.52. The van der Waals surface area contributed by atoms with E-state index >= 15 is 0 Å². The molecule has 36 heavy (non-hydrogen) atoms. The van der Waals surface area contributed by atoms with Gasteiger partial charge in [-0.25, -0.2) is 4.98 Å². The van der Waals surface area contributed by atoms with Gasteiger partial charge in [0, 0.05) is 24.0 Å². The lowest BCUT2D eigenvalue weighted by atomic mass is 10.1. The Bertz CT molecular complexity index is 1310. The van der Waals surface area contributed by atoms with Gasteiger partial charge in [-0.05, 0) is 60.7 Å². The Morgan fingerprint density at radius 3 is 2.42 bits per heavy atom. The molecule has 1 N–H and O–H groups in total. The highest BCUT2D eigenvalue weighted by Crippen LogP contribution is 2.26. The third-order valence-electron chi connectivity index (χ3n) is 5.59. The van der Waals surface area contributed by atoms with Gasteiger partial charge in [0.1, 0.15) is 12.3 Å². The fraction of sp³-hybridized carbons (Fsp3) is 0.250. The number of anilines is 1. The predicted molar refractivity (Wildman–Crippen MR) is 144 cm³/mol. The Morgan fingerprint density at radius 2 is 1.81 bits per heavy atom. The molecule has 8 heteroatoms. The van der Waals surface area contributed by atoms with E-state index in [1.807, 2.05) is 91.5 Å². The van der Waals surface area contributed by atoms with Crippen LogP contribution in [0.15, 0.2) is 72.2 Å². The summed E-state index contributed by atoms with van der Waals surface area (Å²) in [5, 5.41) is 4.80. The van der Waals surface area contributed by atoms with Crippen LogP contribution >= 0.6 is 11.3 Å². The van der Waals surface area contributed by atoms with Crippen LogP contribution in [-0.2, 0) is 4.79 Å². The highest BCUT2D eigenvalue weighted by Gasteiger charge is 2.22. The van der Waals surface area contributed by atoms with Crippen molar-refractivity contribution in [3.63, 3.8) is 0 Å². The molecule has 2 aromatic heterocycles. The number of thiophene rings is 1. The fourth-order valence-electron chi connectivity index (χ4n) is 3.83. The van der Waals surface area contributed by atoms with Gasteiger partial charge in [0.25, 0.3) is 5.91 Å². The minimum absolute atomic E-state index is 0.0620. The zero-order chi connectivity index (χ0) is 25.7. The summed E-state index contributed by atoms with van der Waals surface area (Å²) in [5.74, 6) is 0.919. The van der Waals surface area contributed by atoms with Crippen molar-refractivity contribution in [3.05, 3.63) is 82.7 Å². The average Bonchev–Trinajstić information content (AvgIpc) is 3.54. The van der Waals surface area contributed by atoms with E-state index in [0.29, 0.717) is 23.1 Å². The van der Waals surface area contributed by atoms with E-state index in [1.165, 1.54) is 11.3 Å². The number of nitrogens with one attached hydrogen (secondary N) is 1. The van der Waals surface area contributed by atoms with Crippen molar-refractivity contribution < 1.29 is 14.3 Å². The molecule has 2 heterocycles. The Labute approximate surface area is 215 Å². The lowest BCUT2D eigenvalue weighted by Gasteiger charge is -2.23. The number of hydrogen-bond acceptors (Lipinski definition) is 5. The van der Waals surface area contributed by atoms with Crippen molar-refractivity contribution >= 4 is 29.1 Å². The van der Waals surface area contributed by atoms with E-state index in [4.69, 9.17) is 9.72 Å². The Morgan fingerprint density at radius 1 is 1.08 bits per heavy atom. The first-order valence-electron chi connectivity index (χ1n) is 11.8. The molecule has 0 aliphatic rings. The maximum atomic E-state index is 13.2. The molecule has 0 saturated heterocycles. The molecule has 4 aromatic rings. The molecule has 0 aliphatic carbocycles. The standard InChI is InChI=1S/C28H30N4O3S/c1-19(2)16-31(27(34)25-6-5-15-36-25)18-26(33)30-28-29-24(21-9-13-23(35-4)14-10-21)17-32(28)22-11-7-20(3)8-12-22/h5-15,17,19H,16,18H2,1-4H3,(H,29,30,33). The van der Waals surface area contributed by atoms with Crippen LogP contribution in [0.2, 0.25) is 0 Å². The average molecular weight is 503 g/mol. The number of rotatable bonds is 9. The highest BCUT2D eigenvalue weighted by atomic mass is 32.1.